The van der Waals surface area contributed by atoms with Crippen LogP contribution in [0.5, 0.6) is 0 Å². The lowest BCUT2D eigenvalue weighted by Gasteiger charge is -1.97. The number of nitrogens with zero attached hydrogens (tertiary/aromatic N) is 2. The Labute approximate surface area is 98.0 Å². The molecule has 5 nitrogen and oxygen atoms in total. The Hall–Kier alpha value is -2.11. The molecule has 0 amide bonds. The summed E-state index contributed by atoms with van der Waals surface area (Å²) in [4.78, 5) is 9.18. The van der Waals surface area contributed by atoms with Gasteiger partial charge in [-0.25, -0.2) is 8.91 Å². The van der Waals surface area contributed by atoms with E-state index in [2.05, 4.69) is 9.84 Å². The van der Waals surface area contributed by atoms with Crippen molar-refractivity contribution >= 4 is 17.7 Å². The zero-order valence-electron chi connectivity index (χ0n) is 9.68. The van der Waals surface area contributed by atoms with Crippen LogP contribution in [-0.4, -0.2) is 22.7 Å². The summed E-state index contributed by atoms with van der Waals surface area (Å²) >= 11 is 0. The van der Waals surface area contributed by atoms with Crippen LogP contribution in [-0.2, 0) is 9.53 Å². The summed E-state index contributed by atoms with van der Waals surface area (Å²) in [6.45, 7) is 4.57. The van der Waals surface area contributed by atoms with E-state index < -0.39 is 5.82 Å². The maximum absolute atomic E-state index is 12.9. The van der Waals surface area contributed by atoms with E-state index in [1.807, 2.05) is 6.92 Å². The molecule has 0 aliphatic rings. The number of nitrogen functional groups attached to an aromatic ring is 1. The molecule has 6 heteroatoms. The molecule has 2 N–H and O–H groups in total. The molecule has 0 bridgehead atoms. The standard InChI is InChI=1S/C8H8FN3.C3H6O2/c1-5-3-11-12-4-6(9)7(10)2-8(5)12;1-2-5-3-4/h2-4H,10H2,1H3;3H,2H2,1H3. The first-order chi connectivity index (χ1) is 8.10. The second kappa shape index (κ2) is 5.83. The highest BCUT2D eigenvalue weighted by atomic mass is 19.1. The molecule has 2 aromatic rings. The molecule has 0 spiro atoms. The monoisotopic (exact) mass is 239 g/mol. The van der Waals surface area contributed by atoms with E-state index in [1.54, 1.807) is 19.2 Å². The van der Waals surface area contributed by atoms with Crippen molar-refractivity contribution in [3.8, 4) is 0 Å². The van der Waals surface area contributed by atoms with Crippen molar-refractivity contribution in [2.75, 3.05) is 12.3 Å². The van der Waals surface area contributed by atoms with Crippen LogP contribution in [0.1, 0.15) is 12.5 Å². The molecule has 0 aliphatic carbocycles. The highest BCUT2D eigenvalue weighted by Crippen LogP contribution is 2.15. The molecular weight excluding hydrogens is 225 g/mol. The van der Waals surface area contributed by atoms with E-state index in [-0.39, 0.29) is 5.69 Å². The van der Waals surface area contributed by atoms with Gasteiger partial charge in [-0.2, -0.15) is 5.10 Å². The molecule has 92 valence electrons. The zero-order valence-corrected chi connectivity index (χ0v) is 9.68. The summed E-state index contributed by atoms with van der Waals surface area (Å²) in [6.07, 6.45) is 2.95. The maximum Gasteiger partial charge on any atom is 0.293 e. The molecule has 0 radical (unpaired) electrons. The van der Waals surface area contributed by atoms with E-state index in [9.17, 15) is 9.18 Å². The Morgan fingerprint density at radius 1 is 1.65 bits per heavy atom. The van der Waals surface area contributed by atoms with E-state index in [0.717, 1.165) is 11.1 Å². The van der Waals surface area contributed by atoms with Gasteiger partial charge in [0.25, 0.3) is 6.47 Å². The molecule has 2 aromatic heterocycles. The van der Waals surface area contributed by atoms with E-state index in [1.165, 1.54) is 10.7 Å². The minimum absolute atomic E-state index is 0.158. The summed E-state index contributed by atoms with van der Waals surface area (Å²) in [5, 5.41) is 3.94. The van der Waals surface area contributed by atoms with Crippen molar-refractivity contribution in [3.63, 3.8) is 0 Å². The second-order valence-electron chi connectivity index (χ2n) is 3.29. The van der Waals surface area contributed by atoms with Crippen LogP contribution in [0.3, 0.4) is 0 Å². The molecule has 0 saturated carbocycles. The van der Waals surface area contributed by atoms with Crippen molar-refractivity contribution in [2.45, 2.75) is 13.8 Å². The molecule has 0 unspecified atom stereocenters. The number of nitrogens with two attached hydrogens (primary N) is 1. The van der Waals surface area contributed by atoms with Crippen molar-refractivity contribution < 1.29 is 13.9 Å². The van der Waals surface area contributed by atoms with Gasteiger partial charge < -0.3 is 10.5 Å². The number of rotatable bonds is 2. The summed E-state index contributed by atoms with van der Waals surface area (Å²) in [7, 11) is 0. The second-order valence-corrected chi connectivity index (χ2v) is 3.29. The number of hydrogen-bond donors (Lipinski definition) is 1. The lowest BCUT2D eigenvalue weighted by molar-refractivity contribution is -0.128. The van der Waals surface area contributed by atoms with E-state index in [0.29, 0.717) is 13.1 Å². The van der Waals surface area contributed by atoms with Crippen LogP contribution in [0, 0.1) is 12.7 Å². The molecule has 0 saturated heterocycles. The number of anilines is 1. The molecular formula is C11H14FN3O2. The minimum atomic E-state index is -0.439. The van der Waals surface area contributed by atoms with Gasteiger partial charge in [0.15, 0.2) is 5.82 Å². The van der Waals surface area contributed by atoms with Crippen molar-refractivity contribution in [2.24, 2.45) is 0 Å². The van der Waals surface area contributed by atoms with Crippen molar-refractivity contribution in [3.05, 3.63) is 29.8 Å². The molecule has 17 heavy (non-hydrogen) atoms. The van der Waals surface area contributed by atoms with E-state index in [4.69, 9.17) is 5.73 Å². The third kappa shape index (κ3) is 3.17. The Balaban J connectivity index is 0.000000249. The summed E-state index contributed by atoms with van der Waals surface area (Å²) in [5.74, 6) is -0.439. The quantitative estimate of drug-likeness (QED) is 0.807. The predicted octanol–water partition coefficient (Wildman–Crippen LogP) is 1.54. The van der Waals surface area contributed by atoms with Crippen LogP contribution in [0.4, 0.5) is 10.1 Å². The number of carbonyl (C=O) groups excluding carboxylic acids is 1. The van der Waals surface area contributed by atoms with Gasteiger partial charge in [-0.1, -0.05) is 0 Å². The normalized spacial score (nSPS) is 9.59. The smallest absolute Gasteiger partial charge is 0.293 e. The topological polar surface area (TPSA) is 69.6 Å². The summed E-state index contributed by atoms with van der Waals surface area (Å²) in [5.41, 5.74) is 7.39. The number of ether oxygens (including phenoxy) is 1. The van der Waals surface area contributed by atoms with E-state index >= 15 is 0 Å². The largest absolute Gasteiger partial charge is 0.468 e. The maximum atomic E-state index is 12.9. The van der Waals surface area contributed by atoms with Gasteiger partial charge in [0, 0.05) is 0 Å². The first kappa shape index (κ1) is 13.0. The van der Waals surface area contributed by atoms with Gasteiger partial charge in [0.05, 0.1) is 30.2 Å². The molecule has 2 heterocycles. The number of aromatic nitrogens is 2. The Morgan fingerprint density at radius 3 is 2.88 bits per heavy atom. The lowest BCUT2D eigenvalue weighted by Crippen LogP contribution is -1.95. The third-order valence-corrected chi connectivity index (χ3v) is 2.06. The van der Waals surface area contributed by atoms with Crippen molar-refractivity contribution in [1.29, 1.82) is 0 Å². The number of pyridine rings is 1. The van der Waals surface area contributed by atoms with Crippen LogP contribution in [0.2, 0.25) is 0 Å². The number of aryl methyl sites for hydroxylation is 1. The fourth-order valence-electron chi connectivity index (χ4n) is 1.21. The highest BCUT2D eigenvalue weighted by molar-refractivity contribution is 5.60. The van der Waals surface area contributed by atoms with Gasteiger partial charge in [-0.05, 0) is 25.5 Å². The predicted molar refractivity (Wildman–Crippen MR) is 62.0 cm³/mol. The van der Waals surface area contributed by atoms with Gasteiger partial charge in [0.1, 0.15) is 0 Å². The first-order valence-corrected chi connectivity index (χ1v) is 5.04. The average molecular weight is 239 g/mol. The fraction of sp³-hybridized carbons (Fsp3) is 0.273. The molecule has 0 aromatic carbocycles. The van der Waals surface area contributed by atoms with Crippen LogP contribution in [0.15, 0.2) is 18.5 Å². The number of fused-ring (bicyclic) bond motifs is 1. The lowest BCUT2D eigenvalue weighted by atomic mass is 10.3. The summed E-state index contributed by atoms with van der Waals surface area (Å²) in [6, 6.07) is 1.58. The Morgan fingerprint density at radius 2 is 2.35 bits per heavy atom. The number of hydrogen-bond acceptors (Lipinski definition) is 4. The van der Waals surface area contributed by atoms with Crippen molar-refractivity contribution in [1.82, 2.24) is 9.61 Å². The van der Waals surface area contributed by atoms with Gasteiger partial charge in [0.2, 0.25) is 0 Å². The average Bonchev–Trinajstić information content (AvgIpc) is 2.64. The molecule has 0 atom stereocenters. The minimum Gasteiger partial charge on any atom is -0.468 e. The first-order valence-electron chi connectivity index (χ1n) is 5.04. The van der Waals surface area contributed by atoms with Gasteiger partial charge in [-0.3, -0.25) is 4.79 Å². The SMILES string of the molecule is CCOC=O.Cc1cnn2cc(F)c(N)cc12. The van der Waals surface area contributed by atoms with Crippen LogP contribution in [0.25, 0.3) is 5.52 Å². The number of carbonyl (C=O) groups is 1. The Bertz CT molecular complexity index is 511. The van der Waals surface area contributed by atoms with Crippen LogP contribution < -0.4 is 5.73 Å². The highest BCUT2D eigenvalue weighted by Gasteiger charge is 2.03. The molecule has 2 rings (SSSR count). The zero-order chi connectivity index (χ0) is 12.8. The Kier molecular flexibility index (Phi) is 4.45. The van der Waals surface area contributed by atoms with Gasteiger partial charge >= 0.3 is 0 Å². The van der Waals surface area contributed by atoms with Crippen LogP contribution >= 0.6 is 0 Å². The third-order valence-electron chi connectivity index (χ3n) is 2.06. The fourth-order valence-corrected chi connectivity index (χ4v) is 1.21. The molecule has 0 aliphatic heterocycles. The molecule has 0 fully saturated rings. The van der Waals surface area contributed by atoms with Gasteiger partial charge in [-0.15, -0.1) is 0 Å². The number of halogens is 1. The summed E-state index contributed by atoms with van der Waals surface area (Å²) < 4.78 is 18.5.